The average molecular weight is 302 g/mol. The number of halogens is 1. The maximum Gasteiger partial charge on any atom is 0.0406 e. The minimum absolute atomic E-state index is 0.354. The van der Waals surface area contributed by atoms with Crippen LogP contribution in [0.3, 0.4) is 0 Å². The Balaban J connectivity index is 2.27. The Bertz CT molecular complexity index is 554. The molecule has 21 heavy (non-hydrogen) atoms. The minimum atomic E-state index is 0.354. The molecule has 0 amide bonds. The molecule has 0 saturated heterocycles. The molecule has 0 heterocycles. The first kappa shape index (κ1) is 16.1. The van der Waals surface area contributed by atoms with Gasteiger partial charge in [0.1, 0.15) is 0 Å². The summed E-state index contributed by atoms with van der Waals surface area (Å²) in [6, 6.07) is 15.1. The average Bonchev–Trinajstić information content (AvgIpc) is 2.46. The fraction of sp³-hybridized carbons (Fsp3) is 0.368. The summed E-state index contributed by atoms with van der Waals surface area (Å²) in [6.07, 6.45) is 2.13. The van der Waals surface area contributed by atoms with Gasteiger partial charge in [-0.05, 0) is 67.6 Å². The second-order valence-corrected chi connectivity index (χ2v) is 6.08. The van der Waals surface area contributed by atoms with E-state index >= 15 is 0 Å². The number of rotatable bonds is 6. The highest BCUT2D eigenvalue weighted by atomic mass is 35.5. The largest absolute Gasteiger partial charge is 0.310 e. The molecular formula is C19H24ClN. The van der Waals surface area contributed by atoms with Gasteiger partial charge in [0, 0.05) is 11.1 Å². The van der Waals surface area contributed by atoms with Crippen LogP contribution >= 0.6 is 11.6 Å². The molecule has 112 valence electrons. The van der Waals surface area contributed by atoms with Gasteiger partial charge in [0.25, 0.3) is 0 Å². The zero-order chi connectivity index (χ0) is 15.2. The lowest BCUT2D eigenvalue weighted by Crippen LogP contribution is -2.25. The molecule has 0 aliphatic heterocycles. The van der Waals surface area contributed by atoms with Gasteiger partial charge < -0.3 is 5.32 Å². The first-order chi connectivity index (χ1) is 10.1. The van der Waals surface area contributed by atoms with Gasteiger partial charge in [-0.2, -0.15) is 0 Å². The molecule has 1 unspecified atom stereocenters. The van der Waals surface area contributed by atoms with E-state index in [4.69, 9.17) is 11.6 Å². The highest BCUT2D eigenvalue weighted by Gasteiger charge is 2.16. The number of benzene rings is 2. The number of hydrogen-bond donors (Lipinski definition) is 1. The first-order valence-corrected chi connectivity index (χ1v) is 8.03. The fourth-order valence-corrected chi connectivity index (χ4v) is 2.95. The molecule has 0 saturated carbocycles. The number of nitrogens with one attached hydrogen (secondary N) is 1. The van der Waals surface area contributed by atoms with Crippen LogP contribution in [0.15, 0.2) is 42.5 Å². The summed E-state index contributed by atoms with van der Waals surface area (Å²) in [5.74, 6) is 0. The predicted molar refractivity (Wildman–Crippen MR) is 92.1 cm³/mol. The van der Waals surface area contributed by atoms with Gasteiger partial charge in [0.05, 0.1) is 0 Å². The standard InChI is InChI=1S/C19H24ClN/c1-4-12-21-18(13-16-8-10-17(20)11-9-16)19-14(2)6-5-7-15(19)3/h5-11,18,21H,4,12-13H2,1-3H3. The molecule has 2 aromatic carbocycles. The van der Waals surface area contributed by atoms with Crippen molar-refractivity contribution in [1.29, 1.82) is 0 Å². The van der Waals surface area contributed by atoms with E-state index in [1.54, 1.807) is 0 Å². The molecule has 1 N–H and O–H groups in total. The van der Waals surface area contributed by atoms with Crippen molar-refractivity contribution in [3.63, 3.8) is 0 Å². The summed E-state index contributed by atoms with van der Waals surface area (Å²) in [7, 11) is 0. The summed E-state index contributed by atoms with van der Waals surface area (Å²) in [4.78, 5) is 0. The van der Waals surface area contributed by atoms with Gasteiger partial charge >= 0.3 is 0 Å². The SMILES string of the molecule is CCCNC(Cc1ccc(Cl)cc1)c1c(C)cccc1C. The van der Waals surface area contributed by atoms with Crippen molar-refractivity contribution < 1.29 is 0 Å². The van der Waals surface area contributed by atoms with Crippen molar-refractivity contribution >= 4 is 11.6 Å². The predicted octanol–water partition coefficient (Wildman–Crippen LogP) is 5.24. The zero-order valence-corrected chi connectivity index (χ0v) is 13.9. The highest BCUT2D eigenvalue weighted by molar-refractivity contribution is 6.30. The van der Waals surface area contributed by atoms with Gasteiger partial charge in [-0.1, -0.05) is 48.9 Å². The van der Waals surface area contributed by atoms with Crippen LogP contribution in [-0.2, 0) is 6.42 Å². The van der Waals surface area contributed by atoms with Crippen LogP contribution in [0.25, 0.3) is 0 Å². The molecule has 0 radical (unpaired) electrons. The van der Waals surface area contributed by atoms with Gasteiger partial charge in [0.2, 0.25) is 0 Å². The Hall–Kier alpha value is -1.31. The lowest BCUT2D eigenvalue weighted by Gasteiger charge is -2.23. The van der Waals surface area contributed by atoms with Crippen LogP contribution < -0.4 is 5.32 Å². The first-order valence-electron chi connectivity index (χ1n) is 7.65. The Kier molecular flexibility index (Phi) is 5.84. The molecule has 0 bridgehead atoms. The van der Waals surface area contributed by atoms with Gasteiger partial charge in [0.15, 0.2) is 0 Å². The van der Waals surface area contributed by atoms with Crippen LogP contribution in [0, 0.1) is 13.8 Å². The van der Waals surface area contributed by atoms with E-state index in [1.165, 1.54) is 22.3 Å². The van der Waals surface area contributed by atoms with Crippen molar-refractivity contribution in [3.05, 3.63) is 69.7 Å². The Morgan fingerprint density at radius 1 is 1.00 bits per heavy atom. The summed E-state index contributed by atoms with van der Waals surface area (Å²) >= 11 is 5.98. The smallest absolute Gasteiger partial charge is 0.0406 e. The number of aryl methyl sites for hydroxylation is 2. The Morgan fingerprint density at radius 2 is 1.62 bits per heavy atom. The van der Waals surface area contributed by atoms with Crippen LogP contribution in [0.5, 0.6) is 0 Å². The molecule has 0 fully saturated rings. The highest BCUT2D eigenvalue weighted by Crippen LogP contribution is 2.25. The molecular weight excluding hydrogens is 278 g/mol. The third-order valence-corrected chi connectivity index (χ3v) is 4.14. The van der Waals surface area contributed by atoms with Gasteiger partial charge in [-0.3, -0.25) is 0 Å². The van der Waals surface area contributed by atoms with E-state index < -0.39 is 0 Å². The van der Waals surface area contributed by atoms with E-state index in [2.05, 4.69) is 56.4 Å². The van der Waals surface area contributed by atoms with E-state index in [0.29, 0.717) is 6.04 Å². The van der Waals surface area contributed by atoms with Crippen molar-refractivity contribution in [2.45, 2.75) is 39.7 Å². The van der Waals surface area contributed by atoms with Crippen LogP contribution in [0.1, 0.15) is 41.6 Å². The van der Waals surface area contributed by atoms with E-state index in [9.17, 15) is 0 Å². The Morgan fingerprint density at radius 3 is 2.19 bits per heavy atom. The van der Waals surface area contributed by atoms with Crippen molar-refractivity contribution in [3.8, 4) is 0 Å². The maximum atomic E-state index is 5.98. The molecule has 0 aliphatic carbocycles. The van der Waals surface area contributed by atoms with Crippen LogP contribution in [0.2, 0.25) is 5.02 Å². The molecule has 2 aromatic rings. The zero-order valence-electron chi connectivity index (χ0n) is 13.1. The summed E-state index contributed by atoms with van der Waals surface area (Å²) in [6.45, 7) is 7.64. The minimum Gasteiger partial charge on any atom is -0.310 e. The molecule has 0 spiro atoms. The maximum absolute atomic E-state index is 5.98. The summed E-state index contributed by atoms with van der Waals surface area (Å²) < 4.78 is 0. The van der Waals surface area contributed by atoms with Crippen molar-refractivity contribution in [2.75, 3.05) is 6.54 Å². The van der Waals surface area contributed by atoms with Gasteiger partial charge in [-0.15, -0.1) is 0 Å². The summed E-state index contributed by atoms with van der Waals surface area (Å²) in [5, 5.41) is 4.49. The lowest BCUT2D eigenvalue weighted by atomic mass is 9.91. The van der Waals surface area contributed by atoms with Crippen LogP contribution in [-0.4, -0.2) is 6.54 Å². The third-order valence-electron chi connectivity index (χ3n) is 3.88. The quantitative estimate of drug-likeness (QED) is 0.769. The van der Waals surface area contributed by atoms with Crippen molar-refractivity contribution in [1.82, 2.24) is 5.32 Å². The molecule has 2 heteroatoms. The lowest BCUT2D eigenvalue weighted by molar-refractivity contribution is 0.525. The molecule has 1 atom stereocenters. The monoisotopic (exact) mass is 301 g/mol. The third kappa shape index (κ3) is 4.33. The molecule has 2 rings (SSSR count). The second-order valence-electron chi connectivity index (χ2n) is 5.64. The van der Waals surface area contributed by atoms with E-state index in [0.717, 1.165) is 24.4 Å². The van der Waals surface area contributed by atoms with Gasteiger partial charge in [-0.25, -0.2) is 0 Å². The normalized spacial score (nSPS) is 12.4. The van der Waals surface area contributed by atoms with E-state index in [1.807, 2.05) is 12.1 Å². The molecule has 1 nitrogen and oxygen atoms in total. The van der Waals surface area contributed by atoms with Crippen LogP contribution in [0.4, 0.5) is 0 Å². The molecule has 0 aromatic heterocycles. The summed E-state index contributed by atoms with van der Waals surface area (Å²) in [5.41, 5.74) is 5.46. The fourth-order valence-electron chi connectivity index (χ4n) is 2.83. The topological polar surface area (TPSA) is 12.0 Å². The molecule has 0 aliphatic rings. The van der Waals surface area contributed by atoms with E-state index in [-0.39, 0.29) is 0 Å². The number of hydrogen-bond acceptors (Lipinski definition) is 1. The van der Waals surface area contributed by atoms with Crippen molar-refractivity contribution in [2.24, 2.45) is 0 Å². The Labute approximate surface area is 133 Å². The second kappa shape index (κ2) is 7.63.